The number of thiazole rings is 1. The highest BCUT2D eigenvalue weighted by atomic mass is 32.1. The largest absolute Gasteiger partial charge is 0.494 e. The summed E-state index contributed by atoms with van der Waals surface area (Å²) < 4.78 is 18.5. The summed E-state index contributed by atoms with van der Waals surface area (Å²) in [5.41, 5.74) is 7.40. The summed E-state index contributed by atoms with van der Waals surface area (Å²) in [6.07, 6.45) is 0.837. The molecule has 1 atom stereocenters. The molecular weight excluding hydrogens is 251 g/mol. The van der Waals surface area contributed by atoms with E-state index in [2.05, 4.69) is 4.98 Å². The van der Waals surface area contributed by atoms with Crippen LogP contribution in [0.2, 0.25) is 0 Å². The van der Waals surface area contributed by atoms with Gasteiger partial charge >= 0.3 is 0 Å². The van der Waals surface area contributed by atoms with Crippen LogP contribution in [0.25, 0.3) is 11.3 Å². The van der Waals surface area contributed by atoms with Crippen molar-refractivity contribution in [2.24, 2.45) is 5.73 Å². The first-order chi connectivity index (χ1) is 8.65. The number of benzene rings is 1. The van der Waals surface area contributed by atoms with Crippen molar-refractivity contribution in [2.75, 3.05) is 7.11 Å². The normalized spacial score (nSPS) is 12.4. The van der Waals surface area contributed by atoms with Crippen molar-refractivity contribution in [1.82, 2.24) is 4.98 Å². The summed E-state index contributed by atoms with van der Waals surface area (Å²) in [7, 11) is 1.44. The van der Waals surface area contributed by atoms with E-state index in [1.54, 1.807) is 12.1 Å². The molecule has 0 bridgehead atoms. The van der Waals surface area contributed by atoms with Gasteiger partial charge in [0.2, 0.25) is 0 Å². The van der Waals surface area contributed by atoms with Crippen LogP contribution < -0.4 is 10.5 Å². The fourth-order valence-corrected chi connectivity index (χ4v) is 2.50. The van der Waals surface area contributed by atoms with Gasteiger partial charge in [0, 0.05) is 10.9 Å². The maximum atomic E-state index is 13.6. The predicted molar refractivity (Wildman–Crippen MR) is 71.3 cm³/mol. The highest BCUT2D eigenvalue weighted by Crippen LogP contribution is 2.28. The Hall–Kier alpha value is -1.46. The third-order valence-corrected chi connectivity index (χ3v) is 3.70. The number of nitrogens with two attached hydrogens (primary N) is 1. The first-order valence-electron chi connectivity index (χ1n) is 5.70. The lowest BCUT2D eigenvalue weighted by Gasteiger charge is -2.04. The number of rotatable bonds is 4. The van der Waals surface area contributed by atoms with Crippen LogP contribution in [0.15, 0.2) is 23.6 Å². The van der Waals surface area contributed by atoms with E-state index in [1.807, 2.05) is 12.3 Å². The van der Waals surface area contributed by atoms with Gasteiger partial charge in [-0.3, -0.25) is 0 Å². The molecule has 18 heavy (non-hydrogen) atoms. The SMILES string of the molecule is CCC(N)c1nc(-c2ccc(OC)c(F)c2)cs1. The maximum Gasteiger partial charge on any atom is 0.165 e. The van der Waals surface area contributed by atoms with Crippen molar-refractivity contribution >= 4 is 11.3 Å². The molecule has 0 fully saturated rings. The minimum atomic E-state index is -0.385. The van der Waals surface area contributed by atoms with Crippen molar-refractivity contribution in [2.45, 2.75) is 19.4 Å². The summed E-state index contributed by atoms with van der Waals surface area (Å²) >= 11 is 1.50. The predicted octanol–water partition coefficient (Wildman–Crippen LogP) is 3.37. The molecule has 5 heteroatoms. The van der Waals surface area contributed by atoms with Crippen LogP contribution >= 0.6 is 11.3 Å². The molecule has 1 aromatic heterocycles. The first-order valence-corrected chi connectivity index (χ1v) is 6.58. The van der Waals surface area contributed by atoms with Gasteiger partial charge in [0.15, 0.2) is 11.6 Å². The topological polar surface area (TPSA) is 48.1 Å². The molecule has 0 saturated heterocycles. The third kappa shape index (κ3) is 2.52. The Morgan fingerprint density at radius 2 is 2.28 bits per heavy atom. The minimum Gasteiger partial charge on any atom is -0.494 e. The van der Waals surface area contributed by atoms with Gasteiger partial charge < -0.3 is 10.5 Å². The highest BCUT2D eigenvalue weighted by Gasteiger charge is 2.11. The van der Waals surface area contributed by atoms with E-state index < -0.39 is 0 Å². The van der Waals surface area contributed by atoms with Crippen LogP contribution in [-0.4, -0.2) is 12.1 Å². The zero-order valence-electron chi connectivity index (χ0n) is 10.3. The van der Waals surface area contributed by atoms with E-state index in [9.17, 15) is 4.39 Å². The zero-order chi connectivity index (χ0) is 13.1. The summed E-state index contributed by atoms with van der Waals surface area (Å²) in [6, 6.07) is 4.77. The second kappa shape index (κ2) is 5.46. The van der Waals surface area contributed by atoms with Crippen molar-refractivity contribution in [3.8, 4) is 17.0 Å². The van der Waals surface area contributed by atoms with Gasteiger partial charge in [0.25, 0.3) is 0 Å². The molecule has 1 heterocycles. The van der Waals surface area contributed by atoms with Crippen LogP contribution in [0, 0.1) is 5.82 Å². The number of nitrogens with zero attached hydrogens (tertiary/aromatic N) is 1. The molecular formula is C13H15FN2OS. The number of aromatic nitrogens is 1. The number of methoxy groups -OCH3 is 1. The average molecular weight is 266 g/mol. The summed E-state index contributed by atoms with van der Waals surface area (Å²) in [5.74, 6) is -0.149. The maximum absolute atomic E-state index is 13.6. The van der Waals surface area contributed by atoms with Crippen molar-refractivity contribution < 1.29 is 9.13 Å². The molecule has 1 unspecified atom stereocenters. The Balaban J connectivity index is 2.31. The molecule has 0 aliphatic heterocycles. The van der Waals surface area contributed by atoms with E-state index in [0.717, 1.165) is 22.7 Å². The summed E-state index contributed by atoms with van der Waals surface area (Å²) in [4.78, 5) is 4.43. The molecule has 0 saturated carbocycles. The number of ether oxygens (including phenoxy) is 1. The minimum absolute atomic E-state index is 0.0492. The van der Waals surface area contributed by atoms with Gasteiger partial charge in [0.1, 0.15) is 5.01 Å². The number of halogens is 1. The van der Waals surface area contributed by atoms with Gasteiger partial charge in [-0.25, -0.2) is 9.37 Å². The summed E-state index contributed by atoms with van der Waals surface area (Å²) in [5, 5.41) is 2.77. The van der Waals surface area contributed by atoms with E-state index in [1.165, 1.54) is 24.5 Å². The lowest BCUT2D eigenvalue weighted by atomic mass is 10.1. The van der Waals surface area contributed by atoms with Gasteiger partial charge in [-0.15, -0.1) is 11.3 Å². The van der Waals surface area contributed by atoms with Gasteiger partial charge in [-0.2, -0.15) is 0 Å². The standard InChI is InChI=1S/C13H15FN2OS/c1-3-10(15)13-16-11(7-18-13)8-4-5-12(17-2)9(14)6-8/h4-7,10H,3,15H2,1-2H3. The lowest BCUT2D eigenvalue weighted by Crippen LogP contribution is -2.07. The molecule has 0 aliphatic rings. The number of hydrogen-bond donors (Lipinski definition) is 1. The fraction of sp³-hybridized carbons (Fsp3) is 0.308. The van der Waals surface area contributed by atoms with Crippen LogP contribution in [0.4, 0.5) is 4.39 Å². The van der Waals surface area contributed by atoms with Crippen LogP contribution in [-0.2, 0) is 0 Å². The van der Waals surface area contributed by atoms with E-state index in [4.69, 9.17) is 10.5 Å². The third-order valence-electron chi connectivity index (χ3n) is 2.73. The molecule has 0 aliphatic carbocycles. The van der Waals surface area contributed by atoms with Crippen LogP contribution in [0.3, 0.4) is 0 Å². The van der Waals surface area contributed by atoms with Crippen LogP contribution in [0.5, 0.6) is 5.75 Å². The lowest BCUT2D eigenvalue weighted by molar-refractivity contribution is 0.386. The van der Waals surface area contributed by atoms with Crippen molar-refractivity contribution in [3.63, 3.8) is 0 Å². The van der Waals surface area contributed by atoms with Gasteiger partial charge in [-0.1, -0.05) is 6.92 Å². The second-order valence-electron chi connectivity index (χ2n) is 3.94. The van der Waals surface area contributed by atoms with Crippen molar-refractivity contribution in [1.29, 1.82) is 0 Å². The Morgan fingerprint density at radius 1 is 1.50 bits per heavy atom. The van der Waals surface area contributed by atoms with E-state index in [0.29, 0.717) is 0 Å². The van der Waals surface area contributed by atoms with E-state index in [-0.39, 0.29) is 17.6 Å². The molecule has 96 valence electrons. The fourth-order valence-electron chi connectivity index (χ4n) is 1.59. The first kappa shape index (κ1) is 13.0. The summed E-state index contributed by atoms with van der Waals surface area (Å²) in [6.45, 7) is 2.01. The average Bonchev–Trinajstić information content (AvgIpc) is 2.87. The second-order valence-corrected chi connectivity index (χ2v) is 4.82. The molecule has 0 radical (unpaired) electrons. The Labute approximate surface area is 109 Å². The smallest absolute Gasteiger partial charge is 0.165 e. The monoisotopic (exact) mass is 266 g/mol. The quantitative estimate of drug-likeness (QED) is 0.923. The highest BCUT2D eigenvalue weighted by molar-refractivity contribution is 7.10. The molecule has 1 aromatic carbocycles. The molecule has 0 amide bonds. The molecule has 2 rings (SSSR count). The molecule has 2 N–H and O–H groups in total. The van der Waals surface area contributed by atoms with E-state index >= 15 is 0 Å². The number of hydrogen-bond acceptors (Lipinski definition) is 4. The van der Waals surface area contributed by atoms with Crippen LogP contribution in [0.1, 0.15) is 24.4 Å². The van der Waals surface area contributed by atoms with Gasteiger partial charge in [0.05, 0.1) is 18.8 Å². The zero-order valence-corrected chi connectivity index (χ0v) is 11.1. The molecule has 3 nitrogen and oxygen atoms in total. The Bertz CT molecular complexity index is 542. The van der Waals surface area contributed by atoms with Gasteiger partial charge in [-0.05, 0) is 24.6 Å². The van der Waals surface area contributed by atoms with Crippen molar-refractivity contribution in [3.05, 3.63) is 34.4 Å². The molecule has 0 spiro atoms. The Kier molecular flexibility index (Phi) is 3.93. The molecule has 2 aromatic rings. The Morgan fingerprint density at radius 3 is 2.89 bits per heavy atom.